The number of hydrogen-bond donors (Lipinski definition) is 1. The fraction of sp³-hybridized carbons (Fsp3) is 0.0909. The molecule has 1 N–H and O–H groups in total. The highest BCUT2D eigenvalue weighted by molar-refractivity contribution is 7.73. The van der Waals surface area contributed by atoms with Crippen molar-refractivity contribution in [2.75, 3.05) is 0 Å². The molecule has 1 atom stereocenters. The van der Waals surface area contributed by atoms with Crippen LogP contribution in [-0.2, 0) is 11.6 Å². The third-order valence-corrected chi connectivity index (χ3v) is 4.42. The van der Waals surface area contributed by atoms with Gasteiger partial charge in [0.15, 0.2) is 0 Å². The molecule has 2 aromatic rings. The molecule has 1 aromatic heterocycles. The SMILES string of the molecule is Cn1cccc1P(=O)(O)c1ccccc1. The fourth-order valence-electron chi connectivity index (χ4n) is 1.53. The molecule has 2 rings (SSSR count). The van der Waals surface area contributed by atoms with Gasteiger partial charge in [-0.2, -0.15) is 0 Å². The Labute approximate surface area is 88.4 Å². The van der Waals surface area contributed by atoms with Gasteiger partial charge in [-0.15, -0.1) is 0 Å². The lowest BCUT2D eigenvalue weighted by molar-refractivity contribution is 0.499. The molecule has 0 aliphatic carbocycles. The molecule has 0 amide bonds. The topological polar surface area (TPSA) is 42.2 Å². The maximum atomic E-state index is 12.2. The Bertz CT molecular complexity index is 504. The summed E-state index contributed by atoms with van der Waals surface area (Å²) in [5.74, 6) is 0. The van der Waals surface area contributed by atoms with E-state index >= 15 is 0 Å². The van der Waals surface area contributed by atoms with Crippen LogP contribution in [-0.4, -0.2) is 9.46 Å². The largest absolute Gasteiger partial charge is 0.346 e. The molecular formula is C11H12NO2P. The van der Waals surface area contributed by atoms with E-state index in [0.29, 0.717) is 10.7 Å². The van der Waals surface area contributed by atoms with Crippen LogP contribution in [0, 0.1) is 0 Å². The van der Waals surface area contributed by atoms with Crippen LogP contribution in [0.25, 0.3) is 0 Å². The minimum absolute atomic E-state index is 0.453. The highest BCUT2D eigenvalue weighted by Gasteiger charge is 2.25. The van der Waals surface area contributed by atoms with Crippen molar-refractivity contribution in [1.29, 1.82) is 0 Å². The van der Waals surface area contributed by atoms with Crippen LogP contribution in [0.3, 0.4) is 0 Å². The Morgan fingerprint density at radius 1 is 1.13 bits per heavy atom. The summed E-state index contributed by atoms with van der Waals surface area (Å²) in [5, 5.41) is 0.465. The van der Waals surface area contributed by atoms with Crippen LogP contribution in [0.4, 0.5) is 0 Å². The molecule has 4 heteroatoms. The first kappa shape index (κ1) is 10.2. The lowest BCUT2D eigenvalue weighted by Gasteiger charge is -2.12. The summed E-state index contributed by atoms with van der Waals surface area (Å²) in [6.45, 7) is 0. The Morgan fingerprint density at radius 2 is 1.80 bits per heavy atom. The Kier molecular flexibility index (Phi) is 2.51. The number of hydrogen-bond acceptors (Lipinski definition) is 1. The molecule has 1 heterocycles. The Morgan fingerprint density at radius 3 is 2.33 bits per heavy atom. The van der Waals surface area contributed by atoms with Gasteiger partial charge in [0.05, 0.1) is 0 Å². The van der Waals surface area contributed by atoms with Gasteiger partial charge in [0.1, 0.15) is 5.44 Å². The smallest absolute Gasteiger partial charge is 0.274 e. The third-order valence-electron chi connectivity index (χ3n) is 2.33. The molecule has 0 saturated carbocycles. The minimum Gasteiger partial charge on any atom is -0.346 e. The third kappa shape index (κ3) is 1.76. The minimum atomic E-state index is -3.42. The molecule has 3 nitrogen and oxygen atoms in total. The average Bonchev–Trinajstić information content (AvgIpc) is 2.66. The summed E-state index contributed by atoms with van der Waals surface area (Å²) in [6, 6.07) is 12.1. The van der Waals surface area contributed by atoms with Crippen molar-refractivity contribution in [1.82, 2.24) is 4.57 Å². The highest BCUT2D eigenvalue weighted by Crippen LogP contribution is 2.37. The average molecular weight is 221 g/mol. The lowest BCUT2D eigenvalue weighted by Crippen LogP contribution is -2.20. The zero-order chi connectivity index (χ0) is 10.9. The van der Waals surface area contributed by atoms with Crippen LogP contribution in [0.1, 0.15) is 0 Å². The molecule has 0 bridgehead atoms. The first-order chi connectivity index (χ1) is 7.12. The summed E-state index contributed by atoms with van der Waals surface area (Å²) >= 11 is 0. The van der Waals surface area contributed by atoms with Gasteiger partial charge in [-0.05, 0) is 24.3 Å². The van der Waals surface area contributed by atoms with E-state index in [4.69, 9.17) is 0 Å². The monoisotopic (exact) mass is 221 g/mol. The maximum absolute atomic E-state index is 12.2. The number of nitrogens with zero attached hydrogens (tertiary/aromatic N) is 1. The molecule has 0 saturated heterocycles. The van der Waals surface area contributed by atoms with E-state index in [1.165, 1.54) is 0 Å². The molecular weight excluding hydrogens is 209 g/mol. The summed E-state index contributed by atoms with van der Waals surface area (Å²) in [4.78, 5) is 10.1. The van der Waals surface area contributed by atoms with E-state index in [0.717, 1.165) is 0 Å². The van der Waals surface area contributed by atoms with Gasteiger partial charge < -0.3 is 9.46 Å². The molecule has 1 unspecified atom stereocenters. The van der Waals surface area contributed by atoms with E-state index in [1.54, 1.807) is 54.2 Å². The molecule has 1 aromatic carbocycles. The fourth-order valence-corrected chi connectivity index (χ4v) is 3.15. The van der Waals surface area contributed by atoms with Crippen molar-refractivity contribution in [2.24, 2.45) is 7.05 Å². The summed E-state index contributed by atoms with van der Waals surface area (Å²) in [6.07, 6.45) is 1.77. The van der Waals surface area contributed by atoms with Crippen LogP contribution in [0.15, 0.2) is 48.7 Å². The van der Waals surface area contributed by atoms with Crippen LogP contribution < -0.4 is 10.7 Å². The summed E-state index contributed by atoms with van der Waals surface area (Å²) < 4.78 is 13.9. The molecule has 15 heavy (non-hydrogen) atoms. The zero-order valence-electron chi connectivity index (χ0n) is 8.37. The van der Waals surface area contributed by atoms with E-state index < -0.39 is 7.37 Å². The van der Waals surface area contributed by atoms with Crippen LogP contribution in [0.2, 0.25) is 0 Å². The second kappa shape index (κ2) is 3.69. The molecule has 0 aliphatic heterocycles. The van der Waals surface area contributed by atoms with Gasteiger partial charge in [-0.1, -0.05) is 18.2 Å². The summed E-state index contributed by atoms with van der Waals surface area (Å²) in [7, 11) is -1.66. The number of benzene rings is 1. The normalized spacial score (nSPS) is 14.8. The number of aromatic nitrogens is 1. The van der Waals surface area contributed by atoms with Gasteiger partial charge in [-0.3, -0.25) is 4.57 Å². The molecule has 0 aliphatic rings. The van der Waals surface area contributed by atoms with Crippen molar-refractivity contribution >= 4 is 18.1 Å². The van der Waals surface area contributed by atoms with E-state index in [-0.39, 0.29) is 0 Å². The van der Waals surface area contributed by atoms with E-state index in [1.807, 2.05) is 6.07 Å². The number of aryl methyl sites for hydroxylation is 1. The molecule has 0 spiro atoms. The van der Waals surface area contributed by atoms with Crippen molar-refractivity contribution in [3.8, 4) is 0 Å². The van der Waals surface area contributed by atoms with E-state index in [2.05, 4.69) is 0 Å². The molecule has 0 fully saturated rings. The second-order valence-electron chi connectivity index (χ2n) is 3.39. The quantitative estimate of drug-likeness (QED) is 0.775. The predicted octanol–water partition coefficient (Wildman–Crippen LogP) is 1.25. The first-order valence-corrected chi connectivity index (χ1v) is 6.28. The van der Waals surface area contributed by atoms with E-state index in [9.17, 15) is 9.46 Å². The summed E-state index contributed by atoms with van der Waals surface area (Å²) in [5.41, 5.74) is 0.453. The van der Waals surface area contributed by atoms with Crippen molar-refractivity contribution in [3.63, 3.8) is 0 Å². The van der Waals surface area contributed by atoms with Gasteiger partial charge in [0, 0.05) is 18.5 Å². The van der Waals surface area contributed by atoms with Gasteiger partial charge in [0.2, 0.25) is 0 Å². The predicted molar refractivity (Wildman–Crippen MR) is 60.9 cm³/mol. The van der Waals surface area contributed by atoms with Gasteiger partial charge in [0.25, 0.3) is 7.37 Å². The van der Waals surface area contributed by atoms with Crippen molar-refractivity contribution in [3.05, 3.63) is 48.7 Å². The van der Waals surface area contributed by atoms with Crippen molar-refractivity contribution < 1.29 is 9.46 Å². The molecule has 0 radical (unpaired) electrons. The highest BCUT2D eigenvalue weighted by atomic mass is 31.2. The Hall–Kier alpha value is -1.31. The molecule has 78 valence electrons. The van der Waals surface area contributed by atoms with Gasteiger partial charge in [-0.25, -0.2) is 0 Å². The second-order valence-corrected chi connectivity index (χ2v) is 5.52. The Balaban J connectivity index is 2.54. The maximum Gasteiger partial charge on any atom is 0.274 e. The zero-order valence-corrected chi connectivity index (χ0v) is 9.26. The van der Waals surface area contributed by atoms with Gasteiger partial charge >= 0.3 is 0 Å². The number of rotatable bonds is 2. The van der Waals surface area contributed by atoms with Crippen molar-refractivity contribution in [2.45, 2.75) is 0 Å². The lowest BCUT2D eigenvalue weighted by atomic mass is 10.4. The standard InChI is InChI=1S/C11H12NO2P/c1-12-9-5-8-11(12)15(13,14)10-6-3-2-4-7-10/h2-9H,1H3,(H,13,14). The van der Waals surface area contributed by atoms with Crippen LogP contribution in [0.5, 0.6) is 0 Å². The first-order valence-electron chi connectivity index (χ1n) is 4.62. The van der Waals surface area contributed by atoms with Crippen LogP contribution >= 0.6 is 7.37 Å².